The first kappa shape index (κ1) is 13.9. The van der Waals surface area contributed by atoms with E-state index in [0.29, 0.717) is 0 Å². The zero-order chi connectivity index (χ0) is 12.8. The molecule has 1 aliphatic heterocycles. The van der Waals surface area contributed by atoms with Gasteiger partial charge in [0.05, 0.1) is 30.7 Å². The number of halogens is 1. The van der Waals surface area contributed by atoms with Crippen LogP contribution in [0.3, 0.4) is 0 Å². The summed E-state index contributed by atoms with van der Waals surface area (Å²) in [7, 11) is 0. The molecule has 1 fully saturated rings. The predicted octanol–water partition coefficient (Wildman–Crippen LogP) is 2.53. The Labute approximate surface area is 118 Å². The first-order valence-corrected chi connectivity index (χ1v) is 7.76. The highest BCUT2D eigenvalue weighted by atomic mass is 79.9. The first-order valence-electron chi connectivity index (χ1n) is 6.96. The molecular weight excluding hydrogens is 290 g/mol. The van der Waals surface area contributed by atoms with Crippen LogP contribution in [0, 0.1) is 5.92 Å². The second-order valence-corrected chi connectivity index (χ2v) is 6.19. The summed E-state index contributed by atoms with van der Waals surface area (Å²) in [5, 5.41) is 0. The number of likely N-dealkylation sites (tertiary alicyclic amines) is 1. The lowest BCUT2D eigenvalue weighted by Crippen LogP contribution is -3.13. The second kappa shape index (κ2) is 7.15. The third-order valence-electron chi connectivity index (χ3n) is 3.63. The number of rotatable bonds is 5. The first-order chi connectivity index (χ1) is 8.75. The van der Waals surface area contributed by atoms with Crippen molar-refractivity contribution in [3.8, 4) is 5.75 Å². The fourth-order valence-electron chi connectivity index (χ4n) is 2.69. The van der Waals surface area contributed by atoms with Crippen molar-refractivity contribution in [2.24, 2.45) is 5.92 Å². The van der Waals surface area contributed by atoms with Crippen molar-refractivity contribution in [1.82, 2.24) is 0 Å². The van der Waals surface area contributed by atoms with Crippen molar-refractivity contribution < 1.29 is 9.64 Å². The summed E-state index contributed by atoms with van der Waals surface area (Å²) in [6.07, 6.45) is 3.95. The van der Waals surface area contributed by atoms with Crippen LogP contribution in [0.1, 0.15) is 26.2 Å². The summed E-state index contributed by atoms with van der Waals surface area (Å²) >= 11 is 3.50. The van der Waals surface area contributed by atoms with E-state index in [-0.39, 0.29) is 0 Å². The van der Waals surface area contributed by atoms with E-state index in [9.17, 15) is 0 Å². The van der Waals surface area contributed by atoms with Gasteiger partial charge in [-0.15, -0.1) is 0 Å². The molecule has 0 aliphatic carbocycles. The highest BCUT2D eigenvalue weighted by molar-refractivity contribution is 9.10. The van der Waals surface area contributed by atoms with E-state index in [1.807, 2.05) is 24.3 Å². The lowest BCUT2D eigenvalue weighted by Gasteiger charge is -2.27. The minimum Gasteiger partial charge on any atom is -0.492 e. The van der Waals surface area contributed by atoms with Crippen molar-refractivity contribution in [1.29, 1.82) is 0 Å². The van der Waals surface area contributed by atoms with Gasteiger partial charge in [0.25, 0.3) is 0 Å². The Morgan fingerprint density at radius 3 is 3.00 bits per heavy atom. The molecule has 1 aromatic rings. The van der Waals surface area contributed by atoms with Crippen LogP contribution in [0.2, 0.25) is 0 Å². The summed E-state index contributed by atoms with van der Waals surface area (Å²) in [5.41, 5.74) is 0. The number of hydrogen-bond donors (Lipinski definition) is 1. The quantitative estimate of drug-likeness (QED) is 0.825. The molecule has 1 aromatic carbocycles. The van der Waals surface area contributed by atoms with Gasteiger partial charge in [-0.3, -0.25) is 0 Å². The van der Waals surface area contributed by atoms with Crippen LogP contribution in [-0.4, -0.2) is 26.2 Å². The van der Waals surface area contributed by atoms with Crippen LogP contribution in [0.4, 0.5) is 0 Å². The van der Waals surface area contributed by atoms with Gasteiger partial charge in [-0.05, 0) is 40.9 Å². The van der Waals surface area contributed by atoms with Gasteiger partial charge in [0.2, 0.25) is 0 Å². The Bertz CT molecular complexity index is 369. The van der Waals surface area contributed by atoms with Crippen LogP contribution >= 0.6 is 15.9 Å². The van der Waals surface area contributed by atoms with Crippen molar-refractivity contribution >= 4 is 15.9 Å². The molecule has 18 heavy (non-hydrogen) atoms. The van der Waals surface area contributed by atoms with E-state index in [0.717, 1.165) is 29.2 Å². The molecule has 100 valence electrons. The Hall–Kier alpha value is -0.540. The average molecular weight is 313 g/mol. The standard InChI is InChI=1S/C15H22BrNO/c1-13-6-4-9-17(12-13)10-5-11-18-15-8-3-2-7-14(15)16/h2-3,7-8,13H,4-6,9-12H2,1H3/p+1/t13-/m0/s1. The molecule has 1 heterocycles. The van der Waals surface area contributed by atoms with Gasteiger partial charge in [0.15, 0.2) is 0 Å². The molecule has 0 amide bonds. The van der Waals surface area contributed by atoms with Crippen molar-refractivity contribution in [3.05, 3.63) is 28.7 Å². The van der Waals surface area contributed by atoms with Crippen LogP contribution in [0.15, 0.2) is 28.7 Å². The summed E-state index contributed by atoms with van der Waals surface area (Å²) in [5.74, 6) is 1.86. The zero-order valence-electron chi connectivity index (χ0n) is 11.1. The van der Waals surface area contributed by atoms with Crippen LogP contribution < -0.4 is 9.64 Å². The Morgan fingerprint density at radius 1 is 1.39 bits per heavy atom. The molecule has 0 saturated carbocycles. The molecule has 1 N–H and O–H groups in total. The molecule has 0 spiro atoms. The van der Waals surface area contributed by atoms with E-state index in [4.69, 9.17) is 4.74 Å². The third-order valence-corrected chi connectivity index (χ3v) is 4.29. The largest absolute Gasteiger partial charge is 0.492 e. The van der Waals surface area contributed by atoms with Gasteiger partial charge in [0.1, 0.15) is 5.75 Å². The molecule has 1 aliphatic rings. The third kappa shape index (κ3) is 4.29. The van der Waals surface area contributed by atoms with Crippen molar-refractivity contribution in [2.75, 3.05) is 26.2 Å². The highest BCUT2D eigenvalue weighted by Gasteiger charge is 2.18. The summed E-state index contributed by atoms with van der Waals surface area (Å²) < 4.78 is 6.84. The van der Waals surface area contributed by atoms with Gasteiger partial charge in [0, 0.05) is 12.3 Å². The SMILES string of the molecule is C[C@H]1CCC[NH+](CCCOc2ccccc2Br)C1. The maximum absolute atomic E-state index is 5.79. The number of ether oxygens (including phenoxy) is 1. The normalized spacial score (nSPS) is 23.9. The minimum atomic E-state index is 0.820. The van der Waals surface area contributed by atoms with Crippen LogP contribution in [-0.2, 0) is 0 Å². The van der Waals surface area contributed by atoms with E-state index in [2.05, 4.69) is 22.9 Å². The number of quaternary nitrogens is 1. The summed E-state index contributed by atoms with van der Waals surface area (Å²) in [6.45, 7) is 7.13. The van der Waals surface area contributed by atoms with Crippen molar-refractivity contribution in [3.63, 3.8) is 0 Å². The molecular formula is C15H23BrNO+. The Morgan fingerprint density at radius 2 is 2.22 bits per heavy atom. The fourth-order valence-corrected chi connectivity index (χ4v) is 3.09. The van der Waals surface area contributed by atoms with Crippen LogP contribution in [0.25, 0.3) is 0 Å². The molecule has 0 radical (unpaired) electrons. The Balaban J connectivity index is 1.65. The molecule has 1 saturated heterocycles. The van der Waals surface area contributed by atoms with Gasteiger partial charge < -0.3 is 9.64 Å². The molecule has 0 bridgehead atoms. The monoisotopic (exact) mass is 312 g/mol. The minimum absolute atomic E-state index is 0.820. The predicted molar refractivity (Wildman–Crippen MR) is 78.2 cm³/mol. The molecule has 2 atom stereocenters. The zero-order valence-corrected chi connectivity index (χ0v) is 12.7. The summed E-state index contributed by atoms with van der Waals surface area (Å²) in [6, 6.07) is 8.06. The molecule has 2 rings (SSSR count). The average Bonchev–Trinajstić information content (AvgIpc) is 2.37. The van der Waals surface area contributed by atoms with E-state index in [1.165, 1.54) is 32.5 Å². The molecule has 1 unspecified atom stereocenters. The van der Waals surface area contributed by atoms with E-state index in [1.54, 1.807) is 4.90 Å². The van der Waals surface area contributed by atoms with Gasteiger partial charge in [-0.1, -0.05) is 19.1 Å². The topological polar surface area (TPSA) is 13.7 Å². The number of nitrogens with one attached hydrogen (secondary N) is 1. The summed E-state index contributed by atoms with van der Waals surface area (Å²) in [4.78, 5) is 1.75. The number of benzene rings is 1. The molecule has 2 nitrogen and oxygen atoms in total. The van der Waals surface area contributed by atoms with Gasteiger partial charge >= 0.3 is 0 Å². The Kier molecular flexibility index (Phi) is 5.51. The number of para-hydroxylation sites is 1. The van der Waals surface area contributed by atoms with Crippen molar-refractivity contribution in [2.45, 2.75) is 26.2 Å². The van der Waals surface area contributed by atoms with E-state index >= 15 is 0 Å². The molecule has 3 heteroatoms. The smallest absolute Gasteiger partial charge is 0.133 e. The maximum atomic E-state index is 5.79. The fraction of sp³-hybridized carbons (Fsp3) is 0.600. The van der Waals surface area contributed by atoms with Gasteiger partial charge in [-0.2, -0.15) is 0 Å². The molecule has 0 aromatic heterocycles. The highest BCUT2D eigenvalue weighted by Crippen LogP contribution is 2.23. The lowest BCUT2D eigenvalue weighted by molar-refractivity contribution is -0.908. The van der Waals surface area contributed by atoms with Crippen LogP contribution in [0.5, 0.6) is 5.75 Å². The maximum Gasteiger partial charge on any atom is 0.133 e. The number of piperidine rings is 1. The number of hydrogen-bond acceptors (Lipinski definition) is 1. The van der Waals surface area contributed by atoms with Gasteiger partial charge in [-0.25, -0.2) is 0 Å². The lowest BCUT2D eigenvalue weighted by atomic mass is 10.0. The van der Waals surface area contributed by atoms with E-state index < -0.39 is 0 Å². The second-order valence-electron chi connectivity index (χ2n) is 5.33.